The van der Waals surface area contributed by atoms with E-state index in [-0.39, 0.29) is 0 Å². The zero-order valence-electron chi connectivity index (χ0n) is 12.4. The van der Waals surface area contributed by atoms with Crippen molar-refractivity contribution >= 4 is 10.9 Å². The van der Waals surface area contributed by atoms with E-state index in [0.717, 1.165) is 18.6 Å². The first-order valence-electron chi connectivity index (χ1n) is 7.50. The molecule has 1 aliphatic heterocycles. The van der Waals surface area contributed by atoms with Gasteiger partial charge in [-0.05, 0) is 56.6 Å². The summed E-state index contributed by atoms with van der Waals surface area (Å²) in [5, 5.41) is 4.66. The summed E-state index contributed by atoms with van der Waals surface area (Å²) in [6, 6.07) is 9.40. The summed E-state index contributed by atoms with van der Waals surface area (Å²) in [6.07, 6.45) is 4.46. The highest BCUT2D eigenvalue weighted by Gasteiger charge is 2.18. The van der Waals surface area contributed by atoms with Gasteiger partial charge in [-0.25, -0.2) is 0 Å². The summed E-state index contributed by atoms with van der Waals surface area (Å²) in [6.45, 7) is 5.57. The van der Waals surface area contributed by atoms with Crippen LogP contribution in [0.15, 0.2) is 30.5 Å². The third-order valence-corrected chi connectivity index (χ3v) is 4.28. The lowest BCUT2D eigenvalue weighted by Crippen LogP contribution is -2.43. The Morgan fingerprint density at radius 1 is 1.40 bits per heavy atom. The van der Waals surface area contributed by atoms with Crippen LogP contribution in [0.3, 0.4) is 0 Å². The Labute approximate surface area is 121 Å². The highest BCUT2D eigenvalue weighted by molar-refractivity contribution is 5.82. The van der Waals surface area contributed by atoms with Gasteiger partial charge in [-0.15, -0.1) is 0 Å². The number of aromatic nitrogens is 1. The van der Waals surface area contributed by atoms with Gasteiger partial charge >= 0.3 is 0 Å². The average molecular weight is 269 g/mol. The number of aryl methyl sites for hydroxylation is 1. The van der Waals surface area contributed by atoms with Crippen molar-refractivity contribution in [1.29, 1.82) is 0 Å². The van der Waals surface area contributed by atoms with Gasteiger partial charge in [0.15, 0.2) is 0 Å². The maximum Gasteiger partial charge on any atom is 0.0731 e. The smallest absolute Gasteiger partial charge is 0.0731 e. The number of nitrogens with one attached hydrogen (secondary N) is 1. The van der Waals surface area contributed by atoms with Crippen LogP contribution >= 0.6 is 0 Å². The lowest BCUT2D eigenvalue weighted by Gasteiger charge is -2.32. The second kappa shape index (κ2) is 5.90. The molecule has 2 heterocycles. The number of hydrogen-bond donors (Lipinski definition) is 1. The summed E-state index contributed by atoms with van der Waals surface area (Å²) in [5.41, 5.74) is 3.81. The molecule has 0 radical (unpaired) electrons. The number of fused-ring (bicyclic) bond motifs is 1. The van der Waals surface area contributed by atoms with E-state index >= 15 is 0 Å². The Bertz CT molecular complexity index is 594. The molecule has 1 atom stereocenters. The van der Waals surface area contributed by atoms with Gasteiger partial charge in [0.2, 0.25) is 0 Å². The van der Waals surface area contributed by atoms with Crippen molar-refractivity contribution < 1.29 is 0 Å². The van der Waals surface area contributed by atoms with Crippen molar-refractivity contribution in [2.45, 2.75) is 32.4 Å². The van der Waals surface area contributed by atoms with Gasteiger partial charge in [0.25, 0.3) is 0 Å². The molecule has 1 aromatic carbocycles. The third-order valence-electron chi connectivity index (χ3n) is 4.28. The molecule has 1 saturated heterocycles. The molecule has 1 fully saturated rings. The normalized spacial score (nSPS) is 20.4. The number of benzene rings is 1. The second-order valence-electron chi connectivity index (χ2n) is 5.85. The molecule has 1 aliphatic rings. The molecule has 1 aromatic heterocycles. The molecule has 3 heteroatoms. The molecule has 0 aliphatic carbocycles. The van der Waals surface area contributed by atoms with Crippen LogP contribution < -0.4 is 5.32 Å². The molecule has 0 bridgehead atoms. The summed E-state index contributed by atoms with van der Waals surface area (Å²) >= 11 is 0. The van der Waals surface area contributed by atoms with E-state index in [2.05, 4.69) is 47.4 Å². The van der Waals surface area contributed by atoms with Gasteiger partial charge in [-0.1, -0.05) is 12.1 Å². The first kappa shape index (κ1) is 13.5. The maximum absolute atomic E-state index is 4.47. The summed E-state index contributed by atoms with van der Waals surface area (Å²) in [7, 11) is 2.07. The number of hydrogen-bond acceptors (Lipinski definition) is 3. The molecule has 3 rings (SSSR count). The highest BCUT2D eigenvalue weighted by Crippen LogP contribution is 2.20. The predicted molar refractivity (Wildman–Crippen MR) is 83.8 cm³/mol. The van der Waals surface area contributed by atoms with Crippen LogP contribution in [0.2, 0.25) is 0 Å². The van der Waals surface area contributed by atoms with Crippen molar-refractivity contribution in [2.24, 2.45) is 0 Å². The van der Waals surface area contributed by atoms with Crippen LogP contribution in [0, 0.1) is 6.92 Å². The van der Waals surface area contributed by atoms with E-state index in [1.54, 1.807) is 0 Å². The van der Waals surface area contributed by atoms with Crippen molar-refractivity contribution in [3.8, 4) is 0 Å². The first-order valence-corrected chi connectivity index (χ1v) is 7.50. The number of nitrogens with zero attached hydrogens (tertiary/aromatic N) is 2. The molecule has 3 nitrogen and oxygen atoms in total. The lowest BCUT2D eigenvalue weighted by molar-refractivity contribution is 0.188. The van der Waals surface area contributed by atoms with Gasteiger partial charge in [0.05, 0.1) is 5.52 Å². The number of rotatable bonds is 3. The number of likely N-dealkylation sites (tertiary alicyclic amines) is 1. The zero-order chi connectivity index (χ0) is 13.9. The fourth-order valence-electron chi connectivity index (χ4n) is 3.24. The summed E-state index contributed by atoms with van der Waals surface area (Å²) < 4.78 is 0. The van der Waals surface area contributed by atoms with Crippen molar-refractivity contribution in [3.63, 3.8) is 0 Å². The van der Waals surface area contributed by atoms with Gasteiger partial charge in [-0.2, -0.15) is 0 Å². The number of likely N-dealkylation sites (N-methyl/N-ethyl adjacent to an activating group) is 1. The average Bonchev–Trinajstić information content (AvgIpc) is 2.47. The van der Waals surface area contributed by atoms with Crippen LogP contribution in [0.1, 0.15) is 24.0 Å². The fraction of sp³-hybridized carbons (Fsp3) is 0.471. The van der Waals surface area contributed by atoms with E-state index in [0.29, 0.717) is 6.04 Å². The molecule has 0 amide bonds. The van der Waals surface area contributed by atoms with E-state index in [9.17, 15) is 0 Å². The predicted octanol–water partition coefficient (Wildman–Crippen LogP) is 2.73. The Hall–Kier alpha value is -1.45. The molecule has 0 saturated carbocycles. The Balaban J connectivity index is 1.80. The van der Waals surface area contributed by atoms with Crippen LogP contribution in [-0.4, -0.2) is 36.1 Å². The quantitative estimate of drug-likeness (QED) is 0.928. The topological polar surface area (TPSA) is 28.2 Å². The largest absolute Gasteiger partial charge is 0.316 e. The Morgan fingerprint density at radius 2 is 2.30 bits per heavy atom. The second-order valence-corrected chi connectivity index (χ2v) is 5.85. The van der Waals surface area contributed by atoms with Crippen molar-refractivity contribution in [1.82, 2.24) is 15.2 Å². The minimum atomic E-state index is 0.645. The van der Waals surface area contributed by atoms with Crippen LogP contribution in [0.5, 0.6) is 0 Å². The van der Waals surface area contributed by atoms with Gasteiger partial charge in [-0.3, -0.25) is 9.88 Å². The molecular formula is C17H23N3. The van der Waals surface area contributed by atoms with Crippen LogP contribution in [0.4, 0.5) is 0 Å². The number of piperidine rings is 1. The molecule has 1 unspecified atom stereocenters. The Morgan fingerprint density at radius 3 is 3.15 bits per heavy atom. The highest BCUT2D eigenvalue weighted by atomic mass is 15.2. The van der Waals surface area contributed by atoms with E-state index in [1.165, 1.54) is 35.9 Å². The van der Waals surface area contributed by atoms with Crippen molar-refractivity contribution in [3.05, 3.63) is 41.6 Å². The standard InChI is InChI=1S/C17H23N3/c1-13-9-14(10-15-5-3-7-19-17(13)15)11-20-8-4-6-16(12-20)18-2/h3,5,7,9-10,16,18H,4,6,8,11-12H2,1-2H3. The SMILES string of the molecule is CNC1CCCN(Cc2cc(C)c3ncccc3c2)C1. The molecule has 20 heavy (non-hydrogen) atoms. The fourth-order valence-corrected chi connectivity index (χ4v) is 3.24. The van der Waals surface area contributed by atoms with E-state index in [1.807, 2.05) is 12.3 Å². The van der Waals surface area contributed by atoms with Gasteiger partial charge in [0.1, 0.15) is 0 Å². The minimum absolute atomic E-state index is 0.645. The first-order chi connectivity index (χ1) is 9.76. The van der Waals surface area contributed by atoms with Crippen molar-refractivity contribution in [2.75, 3.05) is 20.1 Å². The number of pyridine rings is 1. The summed E-state index contributed by atoms with van der Waals surface area (Å²) in [4.78, 5) is 7.03. The van der Waals surface area contributed by atoms with E-state index < -0.39 is 0 Å². The third kappa shape index (κ3) is 2.84. The molecule has 0 spiro atoms. The Kier molecular flexibility index (Phi) is 3.99. The molecule has 106 valence electrons. The van der Waals surface area contributed by atoms with Gasteiger partial charge in [0, 0.05) is 30.7 Å². The van der Waals surface area contributed by atoms with Gasteiger partial charge < -0.3 is 5.32 Å². The molecular weight excluding hydrogens is 246 g/mol. The summed E-state index contributed by atoms with van der Waals surface area (Å²) in [5.74, 6) is 0. The van der Waals surface area contributed by atoms with Crippen LogP contribution in [0.25, 0.3) is 10.9 Å². The maximum atomic E-state index is 4.47. The van der Waals surface area contributed by atoms with Crippen LogP contribution in [-0.2, 0) is 6.54 Å². The monoisotopic (exact) mass is 269 g/mol. The molecule has 2 aromatic rings. The lowest BCUT2D eigenvalue weighted by atomic mass is 10.0. The minimum Gasteiger partial charge on any atom is -0.316 e. The zero-order valence-corrected chi connectivity index (χ0v) is 12.4. The van der Waals surface area contributed by atoms with E-state index in [4.69, 9.17) is 0 Å². The molecule has 1 N–H and O–H groups in total.